The summed E-state index contributed by atoms with van der Waals surface area (Å²) >= 11 is 13.6. The van der Waals surface area contributed by atoms with E-state index in [0.29, 0.717) is 53.5 Å². The number of hydrogen-bond donors (Lipinski definition) is 0. The Bertz CT molecular complexity index is 2090. The van der Waals surface area contributed by atoms with Crippen LogP contribution in [-0.2, 0) is 9.53 Å². The smallest absolute Gasteiger partial charge is 0.338 e. The van der Waals surface area contributed by atoms with Crippen LogP contribution in [0.5, 0.6) is 5.75 Å². The van der Waals surface area contributed by atoms with Gasteiger partial charge in [0.15, 0.2) is 4.80 Å². The molecule has 5 aromatic rings. The molecule has 10 heteroatoms. The highest BCUT2D eigenvalue weighted by Gasteiger charge is 2.36. The SMILES string of the molecule is CCOC(=O)C1=C(C)N=c2s/c(=C/c3ccc(-c4ccc(Cl)cc4Cl)o3)c(=O)n2[C@H]1c1c(OC)ccc2ccccc12. The number of rotatable bonds is 6. The maximum absolute atomic E-state index is 14.1. The number of methoxy groups -OCH3 is 1. The van der Waals surface area contributed by atoms with Gasteiger partial charge in [-0.1, -0.05) is 64.9 Å². The number of ether oxygens (including phenoxy) is 2. The zero-order valence-corrected chi connectivity index (χ0v) is 25.1. The molecule has 6 rings (SSSR count). The molecular formula is C32H24Cl2N2O5S. The summed E-state index contributed by atoms with van der Waals surface area (Å²) in [6.07, 6.45) is 1.66. The summed E-state index contributed by atoms with van der Waals surface area (Å²) < 4.78 is 19.2. The van der Waals surface area contributed by atoms with Crippen LogP contribution in [0, 0.1) is 0 Å². The minimum Gasteiger partial charge on any atom is -0.496 e. The first-order valence-electron chi connectivity index (χ1n) is 13.1. The lowest BCUT2D eigenvalue weighted by atomic mass is 9.90. The maximum atomic E-state index is 14.1. The van der Waals surface area contributed by atoms with Gasteiger partial charge in [0.1, 0.15) is 23.3 Å². The van der Waals surface area contributed by atoms with Crippen LogP contribution in [0.3, 0.4) is 0 Å². The number of thiazole rings is 1. The van der Waals surface area contributed by atoms with Crippen molar-refractivity contribution in [3.63, 3.8) is 0 Å². The predicted octanol–water partition coefficient (Wildman–Crippen LogP) is 6.53. The molecule has 0 N–H and O–H groups in total. The predicted molar refractivity (Wildman–Crippen MR) is 165 cm³/mol. The minimum absolute atomic E-state index is 0.178. The largest absolute Gasteiger partial charge is 0.496 e. The van der Waals surface area contributed by atoms with Gasteiger partial charge < -0.3 is 13.9 Å². The molecule has 3 heterocycles. The van der Waals surface area contributed by atoms with E-state index in [9.17, 15) is 9.59 Å². The molecule has 0 saturated carbocycles. The third kappa shape index (κ3) is 4.85. The standard InChI is InChI=1S/C32H24Cl2N2O5S/c1-4-40-31(38)27-17(2)35-32-36(29(27)28-21-8-6-5-7-18(21)9-13-25(28)39-3)30(37)26(42-32)16-20-11-14-24(41-20)22-12-10-19(33)15-23(22)34/h5-16,29H,4H2,1-3H3/b26-16+/t29-/m1/s1. The molecule has 212 valence electrons. The molecule has 0 saturated heterocycles. The Kier molecular flexibility index (Phi) is 7.53. The quantitative estimate of drug-likeness (QED) is 0.202. The summed E-state index contributed by atoms with van der Waals surface area (Å²) in [7, 11) is 1.57. The second-order valence-electron chi connectivity index (χ2n) is 9.53. The lowest BCUT2D eigenvalue weighted by Crippen LogP contribution is -2.40. The topological polar surface area (TPSA) is 83.0 Å². The van der Waals surface area contributed by atoms with E-state index < -0.39 is 12.0 Å². The van der Waals surface area contributed by atoms with Crippen molar-refractivity contribution in [3.05, 3.63) is 119 Å². The van der Waals surface area contributed by atoms with Gasteiger partial charge in [-0.3, -0.25) is 9.36 Å². The van der Waals surface area contributed by atoms with Crippen molar-refractivity contribution >= 4 is 57.4 Å². The third-order valence-corrected chi connectivity index (χ3v) is 8.57. The number of fused-ring (bicyclic) bond motifs is 2. The van der Waals surface area contributed by atoms with E-state index in [1.165, 1.54) is 11.3 Å². The lowest BCUT2D eigenvalue weighted by molar-refractivity contribution is -0.139. The molecule has 0 radical (unpaired) electrons. The summed E-state index contributed by atoms with van der Waals surface area (Å²) in [4.78, 5) is 32.7. The van der Waals surface area contributed by atoms with Crippen LogP contribution >= 0.6 is 34.5 Å². The van der Waals surface area contributed by atoms with Crippen molar-refractivity contribution in [1.29, 1.82) is 0 Å². The van der Waals surface area contributed by atoms with Crippen molar-refractivity contribution < 1.29 is 18.7 Å². The molecule has 1 aliphatic rings. The monoisotopic (exact) mass is 618 g/mol. The van der Waals surface area contributed by atoms with E-state index in [1.54, 1.807) is 61.9 Å². The van der Waals surface area contributed by atoms with Gasteiger partial charge in [0.2, 0.25) is 0 Å². The van der Waals surface area contributed by atoms with Crippen molar-refractivity contribution in [2.45, 2.75) is 19.9 Å². The van der Waals surface area contributed by atoms with Crippen LogP contribution < -0.4 is 19.6 Å². The van der Waals surface area contributed by atoms with Gasteiger partial charge in [-0.25, -0.2) is 9.79 Å². The number of esters is 1. The van der Waals surface area contributed by atoms with Gasteiger partial charge in [0, 0.05) is 22.2 Å². The first-order valence-corrected chi connectivity index (χ1v) is 14.7. The van der Waals surface area contributed by atoms with E-state index >= 15 is 0 Å². The minimum atomic E-state index is -0.830. The molecular weight excluding hydrogens is 595 g/mol. The molecule has 1 atom stereocenters. The summed E-state index contributed by atoms with van der Waals surface area (Å²) in [6.45, 7) is 3.67. The van der Waals surface area contributed by atoms with Crippen LogP contribution in [0.4, 0.5) is 0 Å². The zero-order valence-electron chi connectivity index (χ0n) is 22.8. The average Bonchev–Trinajstić information content (AvgIpc) is 3.55. The Morgan fingerprint density at radius 3 is 2.69 bits per heavy atom. The van der Waals surface area contributed by atoms with Gasteiger partial charge in [-0.15, -0.1) is 0 Å². The Hall–Kier alpha value is -4.11. The zero-order chi connectivity index (χ0) is 29.5. The molecule has 42 heavy (non-hydrogen) atoms. The number of aromatic nitrogens is 1. The molecule has 3 aromatic carbocycles. The molecule has 7 nitrogen and oxygen atoms in total. The van der Waals surface area contributed by atoms with Crippen molar-refractivity contribution in [2.24, 2.45) is 4.99 Å². The van der Waals surface area contributed by atoms with Crippen molar-refractivity contribution in [3.8, 4) is 17.1 Å². The highest BCUT2D eigenvalue weighted by molar-refractivity contribution is 7.07. The Morgan fingerprint density at radius 1 is 1.12 bits per heavy atom. The molecule has 0 spiro atoms. The highest BCUT2D eigenvalue weighted by atomic mass is 35.5. The summed E-state index contributed by atoms with van der Waals surface area (Å²) in [5.41, 5.74) is 1.79. The fraction of sp³-hybridized carbons (Fsp3) is 0.156. The summed E-state index contributed by atoms with van der Waals surface area (Å²) in [6, 6.07) is 19.4. The van der Waals surface area contributed by atoms with E-state index in [0.717, 1.165) is 10.8 Å². The van der Waals surface area contributed by atoms with Gasteiger partial charge >= 0.3 is 5.97 Å². The first-order chi connectivity index (χ1) is 20.3. The summed E-state index contributed by atoms with van der Waals surface area (Å²) in [5, 5.41) is 2.76. The number of allylic oxidation sites excluding steroid dienone is 1. The highest BCUT2D eigenvalue weighted by Crippen LogP contribution is 2.40. The van der Waals surface area contributed by atoms with Crippen molar-refractivity contribution in [1.82, 2.24) is 4.57 Å². The van der Waals surface area contributed by atoms with Crippen molar-refractivity contribution in [2.75, 3.05) is 13.7 Å². The molecule has 0 aliphatic carbocycles. The molecule has 0 bridgehead atoms. The van der Waals surface area contributed by atoms with Crippen LogP contribution in [-0.4, -0.2) is 24.3 Å². The van der Waals surface area contributed by atoms with Crippen LogP contribution in [0.2, 0.25) is 10.0 Å². The number of carbonyl (C=O) groups excluding carboxylic acids is 1. The number of hydrogen-bond acceptors (Lipinski definition) is 7. The average molecular weight is 620 g/mol. The molecule has 0 amide bonds. The normalized spacial score (nSPS) is 15.1. The second kappa shape index (κ2) is 11.3. The van der Waals surface area contributed by atoms with E-state index in [-0.39, 0.29) is 17.7 Å². The van der Waals surface area contributed by atoms with Crippen LogP contribution in [0.1, 0.15) is 31.2 Å². The maximum Gasteiger partial charge on any atom is 0.338 e. The fourth-order valence-electron chi connectivity index (χ4n) is 5.19. The Morgan fingerprint density at radius 2 is 1.93 bits per heavy atom. The number of carbonyl (C=O) groups is 1. The van der Waals surface area contributed by atoms with Gasteiger partial charge in [0.25, 0.3) is 5.56 Å². The third-order valence-electron chi connectivity index (χ3n) is 7.04. The number of halogens is 2. The first kappa shape index (κ1) is 28.0. The Labute approximate surface area is 254 Å². The fourth-order valence-corrected chi connectivity index (χ4v) is 6.72. The van der Waals surface area contributed by atoms with Crippen LogP contribution in [0.15, 0.2) is 92.2 Å². The van der Waals surface area contributed by atoms with Gasteiger partial charge in [0.05, 0.1) is 34.5 Å². The molecule has 2 aromatic heterocycles. The molecule has 0 fully saturated rings. The molecule has 0 unspecified atom stereocenters. The summed E-state index contributed by atoms with van der Waals surface area (Å²) in [5.74, 6) is 1.00. The number of furan rings is 1. The molecule has 1 aliphatic heterocycles. The van der Waals surface area contributed by atoms with E-state index in [4.69, 9.17) is 37.1 Å². The Balaban J connectivity index is 1.56. The second-order valence-corrected chi connectivity index (χ2v) is 11.4. The van der Waals surface area contributed by atoms with Gasteiger partial charge in [-0.2, -0.15) is 0 Å². The van der Waals surface area contributed by atoms with E-state index in [1.807, 2.05) is 36.4 Å². The van der Waals surface area contributed by atoms with Crippen LogP contribution in [0.25, 0.3) is 28.2 Å². The number of benzene rings is 3. The lowest BCUT2D eigenvalue weighted by Gasteiger charge is -2.27. The van der Waals surface area contributed by atoms with E-state index in [2.05, 4.69) is 4.99 Å². The van der Waals surface area contributed by atoms with Gasteiger partial charge in [-0.05, 0) is 61.0 Å². The number of nitrogens with zero attached hydrogens (tertiary/aromatic N) is 2.